The minimum Gasteiger partial charge on any atom is -0.484 e. The number of nitriles is 1. The van der Waals surface area contributed by atoms with Crippen molar-refractivity contribution in [2.45, 2.75) is 145 Å². The van der Waals surface area contributed by atoms with E-state index in [4.69, 9.17) is 16.3 Å². The highest BCUT2D eigenvalue weighted by Gasteiger charge is 2.56. The smallest absolute Gasteiger partial charge is 0.258 e. The van der Waals surface area contributed by atoms with Crippen molar-refractivity contribution < 1.29 is 23.8 Å². The van der Waals surface area contributed by atoms with Gasteiger partial charge in [-0.15, -0.1) is 0 Å². The molecule has 4 saturated carbocycles. The van der Waals surface area contributed by atoms with Crippen LogP contribution in [0.15, 0.2) is 18.2 Å². The summed E-state index contributed by atoms with van der Waals surface area (Å²) in [5.41, 5.74) is -1.29. The molecule has 5 aliphatic rings. The molecule has 0 spiro atoms. The number of halogens is 2. The molecule has 3 N–H and O–H groups in total. The van der Waals surface area contributed by atoms with Crippen molar-refractivity contribution in [3.8, 4) is 11.8 Å². The average Bonchev–Trinajstić information content (AvgIpc) is 3.01. The van der Waals surface area contributed by atoms with Crippen LogP contribution in [0.3, 0.4) is 0 Å². The van der Waals surface area contributed by atoms with E-state index in [2.05, 4.69) is 28.5 Å². The zero-order chi connectivity index (χ0) is 31.3. The number of hydrogen-bond acceptors (Lipinski definition) is 6. The van der Waals surface area contributed by atoms with Crippen LogP contribution in [0, 0.1) is 23.1 Å². The van der Waals surface area contributed by atoms with Gasteiger partial charge in [-0.05, 0) is 76.8 Å². The van der Waals surface area contributed by atoms with Gasteiger partial charge < -0.3 is 20.5 Å². The number of rotatable bonds is 7. The lowest BCUT2D eigenvalue weighted by Gasteiger charge is -2.57. The molecule has 4 unspecified atom stereocenters. The van der Waals surface area contributed by atoms with E-state index in [-0.39, 0.29) is 47.2 Å². The van der Waals surface area contributed by atoms with Crippen molar-refractivity contribution in [1.82, 2.24) is 15.5 Å². The summed E-state index contributed by atoms with van der Waals surface area (Å²) in [6, 6.07) is 6.56. The van der Waals surface area contributed by atoms with Crippen LogP contribution in [-0.2, 0) is 9.59 Å². The molecule has 6 rings (SSSR count). The van der Waals surface area contributed by atoms with Gasteiger partial charge in [0, 0.05) is 23.7 Å². The first-order valence-corrected chi connectivity index (χ1v) is 17.1. The normalized spacial score (nSPS) is 33.6. The number of nitrogens with one attached hydrogen (secondary N) is 2. The fourth-order valence-electron chi connectivity index (χ4n) is 8.37. The summed E-state index contributed by atoms with van der Waals surface area (Å²) < 4.78 is 19.2. The number of aliphatic hydroxyl groups is 1. The topological polar surface area (TPSA) is 115 Å². The first-order chi connectivity index (χ1) is 21.2. The Balaban J connectivity index is 1.21. The first kappa shape index (κ1) is 33.0. The quantitative estimate of drug-likeness (QED) is 0.351. The van der Waals surface area contributed by atoms with Gasteiger partial charge in [0.05, 0.1) is 34.7 Å². The average molecular weight is 631 g/mol. The molecule has 8 nitrogen and oxygen atoms in total. The predicted octanol–water partition coefficient (Wildman–Crippen LogP) is 5.79. The number of amides is 2. The standard InChI is InChI=1S/C34H48ClFN4O4/c1-23-24(21-37)11-14-29(40(23)25-9-7-5-3-2-4-6-8-10-25)32(43)39-33-15-17-34(18-16-33,30(41)20-33)38-31(42)22-44-26-12-13-27(35)28(36)19-26/h12-13,19,23-25,29-30,41H,2-11,14-18,20,22H2,1H3,(H,38,42)(H,39,43). The van der Waals surface area contributed by atoms with E-state index in [0.717, 1.165) is 31.7 Å². The third-order valence-corrected chi connectivity index (χ3v) is 11.3. The monoisotopic (exact) mass is 630 g/mol. The summed E-state index contributed by atoms with van der Waals surface area (Å²) in [6.07, 6.45) is 14.1. The number of nitrogens with zero attached hydrogens (tertiary/aromatic N) is 2. The van der Waals surface area contributed by atoms with Crippen molar-refractivity contribution in [2.24, 2.45) is 5.92 Å². The summed E-state index contributed by atoms with van der Waals surface area (Å²) in [5.74, 6) is -0.873. The van der Waals surface area contributed by atoms with Crippen LogP contribution in [0.1, 0.15) is 110 Å². The molecule has 1 heterocycles. The molecule has 0 radical (unpaired) electrons. The zero-order valence-corrected chi connectivity index (χ0v) is 26.7. The third-order valence-electron chi connectivity index (χ3n) is 11.0. The molecule has 242 valence electrons. The Kier molecular flexibility index (Phi) is 10.7. The highest BCUT2D eigenvalue weighted by molar-refractivity contribution is 6.30. The van der Waals surface area contributed by atoms with Crippen molar-refractivity contribution in [3.05, 3.63) is 29.0 Å². The number of likely N-dealkylation sites (tertiary alicyclic amines) is 1. The van der Waals surface area contributed by atoms with E-state index in [1.807, 2.05) is 0 Å². The molecule has 1 saturated heterocycles. The zero-order valence-electron chi connectivity index (χ0n) is 26.0. The van der Waals surface area contributed by atoms with E-state index < -0.39 is 23.0 Å². The van der Waals surface area contributed by atoms with Crippen LogP contribution in [0.2, 0.25) is 5.02 Å². The lowest BCUT2D eigenvalue weighted by Crippen LogP contribution is -2.71. The number of fused-ring (bicyclic) bond motifs is 3. The highest BCUT2D eigenvalue weighted by Crippen LogP contribution is 2.47. The molecule has 4 aliphatic carbocycles. The molecule has 2 bridgehead atoms. The minimum atomic E-state index is -0.815. The van der Waals surface area contributed by atoms with Gasteiger partial charge in [0.2, 0.25) is 5.91 Å². The summed E-state index contributed by atoms with van der Waals surface area (Å²) >= 11 is 5.72. The molecule has 4 atom stereocenters. The SMILES string of the molecule is CC1C(C#N)CCC(C(=O)NC23CCC(NC(=O)COc4ccc(Cl)c(F)c4)(CC2)C(O)C3)N1C1CCCCCCCCC1. The Bertz CT molecular complexity index is 1210. The Morgan fingerprint density at radius 2 is 1.70 bits per heavy atom. The number of ether oxygens (including phenoxy) is 1. The summed E-state index contributed by atoms with van der Waals surface area (Å²) in [4.78, 5) is 29.3. The lowest BCUT2D eigenvalue weighted by molar-refractivity contribution is -0.141. The maximum Gasteiger partial charge on any atom is 0.258 e. The molecule has 1 aromatic carbocycles. The Morgan fingerprint density at radius 1 is 1.05 bits per heavy atom. The fourth-order valence-corrected chi connectivity index (χ4v) is 8.48. The molecular weight excluding hydrogens is 583 g/mol. The van der Waals surface area contributed by atoms with Crippen LogP contribution >= 0.6 is 11.6 Å². The maximum absolute atomic E-state index is 14.1. The molecule has 0 aromatic heterocycles. The van der Waals surface area contributed by atoms with Gasteiger partial charge in [-0.3, -0.25) is 14.5 Å². The predicted molar refractivity (Wildman–Crippen MR) is 167 cm³/mol. The van der Waals surface area contributed by atoms with Gasteiger partial charge in [-0.2, -0.15) is 5.26 Å². The molecular formula is C34H48ClFN4O4. The molecule has 5 fully saturated rings. The highest BCUT2D eigenvalue weighted by atomic mass is 35.5. The fraction of sp³-hybridized carbons (Fsp3) is 0.735. The van der Waals surface area contributed by atoms with Crippen molar-refractivity contribution in [2.75, 3.05) is 6.61 Å². The van der Waals surface area contributed by atoms with Crippen molar-refractivity contribution in [3.63, 3.8) is 0 Å². The second kappa shape index (κ2) is 14.3. The second-order valence-electron chi connectivity index (χ2n) is 13.8. The Hall–Kier alpha value is -2.41. The van der Waals surface area contributed by atoms with Crippen LogP contribution in [0.4, 0.5) is 4.39 Å². The number of carbonyl (C=O) groups excluding carboxylic acids is 2. The van der Waals surface area contributed by atoms with Gasteiger partial charge in [0.15, 0.2) is 6.61 Å². The lowest BCUT2D eigenvalue weighted by atomic mass is 9.59. The number of aliphatic hydroxyl groups excluding tert-OH is 1. The van der Waals surface area contributed by atoms with E-state index >= 15 is 0 Å². The molecule has 10 heteroatoms. The van der Waals surface area contributed by atoms with Gasteiger partial charge in [-0.1, -0.05) is 56.5 Å². The van der Waals surface area contributed by atoms with Crippen LogP contribution in [0.5, 0.6) is 5.75 Å². The number of hydrogen-bond donors (Lipinski definition) is 3. The number of carbonyl (C=O) groups is 2. The van der Waals surface area contributed by atoms with Crippen LogP contribution < -0.4 is 15.4 Å². The van der Waals surface area contributed by atoms with Crippen molar-refractivity contribution in [1.29, 1.82) is 5.26 Å². The molecule has 44 heavy (non-hydrogen) atoms. The number of piperidine rings is 1. The molecule has 1 aliphatic heterocycles. The minimum absolute atomic E-state index is 0.0135. The van der Waals surface area contributed by atoms with Crippen molar-refractivity contribution >= 4 is 23.4 Å². The van der Waals surface area contributed by atoms with Gasteiger partial charge in [0.25, 0.3) is 5.91 Å². The molecule has 1 aromatic rings. The maximum atomic E-state index is 14.1. The van der Waals surface area contributed by atoms with Crippen LogP contribution in [0.25, 0.3) is 0 Å². The van der Waals surface area contributed by atoms with Gasteiger partial charge in [-0.25, -0.2) is 4.39 Å². The van der Waals surface area contributed by atoms with E-state index in [0.29, 0.717) is 51.0 Å². The summed E-state index contributed by atoms with van der Waals surface area (Å²) in [7, 11) is 0. The largest absolute Gasteiger partial charge is 0.484 e. The first-order valence-electron chi connectivity index (χ1n) is 16.7. The van der Waals surface area contributed by atoms with Gasteiger partial charge in [0.1, 0.15) is 11.6 Å². The molecule has 2 amide bonds. The van der Waals surface area contributed by atoms with E-state index in [9.17, 15) is 24.3 Å². The number of benzene rings is 1. The second-order valence-corrected chi connectivity index (χ2v) is 14.2. The summed E-state index contributed by atoms with van der Waals surface area (Å²) in [5, 5.41) is 27.6. The Morgan fingerprint density at radius 3 is 2.32 bits per heavy atom. The third kappa shape index (κ3) is 7.35. The Labute approximate surface area is 266 Å². The van der Waals surface area contributed by atoms with Crippen LogP contribution in [-0.4, -0.2) is 63.7 Å². The van der Waals surface area contributed by atoms with Gasteiger partial charge >= 0.3 is 0 Å². The summed E-state index contributed by atoms with van der Waals surface area (Å²) in [6.45, 7) is 1.82. The van der Waals surface area contributed by atoms with E-state index in [1.54, 1.807) is 0 Å². The van der Waals surface area contributed by atoms with E-state index in [1.165, 1.54) is 44.2 Å².